The van der Waals surface area contributed by atoms with E-state index in [2.05, 4.69) is 14.8 Å². The van der Waals surface area contributed by atoms with Crippen LogP contribution in [-0.2, 0) is 29.1 Å². The zero-order chi connectivity index (χ0) is 14.8. The molecule has 1 heterocycles. The molecule has 4 aliphatic carbocycles. The summed E-state index contributed by atoms with van der Waals surface area (Å²) in [5, 5.41) is 3.75. The van der Waals surface area contributed by atoms with Crippen molar-refractivity contribution in [2.75, 3.05) is 0 Å². The van der Waals surface area contributed by atoms with Crippen molar-refractivity contribution < 1.29 is 37.9 Å². The maximum Gasteiger partial charge on any atom is 0.398 e. The van der Waals surface area contributed by atoms with Crippen LogP contribution in [0.4, 0.5) is 8.78 Å². The Balaban J connectivity index is 1.52. The smallest absolute Gasteiger partial charge is 0.398 e. The highest BCUT2D eigenvalue weighted by atomic mass is 19.3. The summed E-state index contributed by atoms with van der Waals surface area (Å²) in [4.78, 5) is 31.9. The normalized spacial score (nSPS) is 42.0. The predicted octanol–water partition coefficient (Wildman–Crippen LogP) is 1.53. The minimum atomic E-state index is -3.93. The quantitative estimate of drug-likeness (QED) is 0.582. The summed E-state index contributed by atoms with van der Waals surface area (Å²) < 4.78 is 32.7. The topological polar surface area (TPSA) is 71.1 Å². The van der Waals surface area contributed by atoms with Gasteiger partial charge in [0.2, 0.25) is 0 Å². The van der Waals surface area contributed by atoms with E-state index in [9.17, 15) is 18.4 Å². The molecule has 0 amide bonds. The minimum absolute atomic E-state index is 0.155. The third-order valence-electron chi connectivity index (χ3n) is 5.07. The molecule has 116 valence electrons. The van der Waals surface area contributed by atoms with Crippen molar-refractivity contribution in [3.63, 3.8) is 0 Å². The van der Waals surface area contributed by atoms with Gasteiger partial charge in [-0.15, -0.1) is 0 Å². The van der Waals surface area contributed by atoms with Crippen LogP contribution >= 0.6 is 0 Å². The van der Waals surface area contributed by atoms with Gasteiger partial charge in [-0.05, 0) is 38.0 Å². The van der Waals surface area contributed by atoms with Crippen molar-refractivity contribution in [1.29, 1.82) is 0 Å². The molecule has 0 spiro atoms. The highest BCUT2D eigenvalue weighted by molar-refractivity contribution is 5.86. The lowest BCUT2D eigenvalue weighted by atomic mass is 9.53. The Morgan fingerprint density at radius 1 is 1.19 bits per heavy atom. The molecule has 21 heavy (non-hydrogen) atoms. The molecule has 2 unspecified atom stereocenters. The van der Waals surface area contributed by atoms with Gasteiger partial charge in [0, 0.05) is 11.8 Å². The molecular weight excluding hydrogens is 290 g/mol. The number of Topliss-reactive ketones (excluding diaryl/α,β-unsaturated/α-hetero) is 1. The second-order valence-corrected chi connectivity index (χ2v) is 6.53. The molecule has 1 aliphatic heterocycles. The first kappa shape index (κ1) is 13.5. The standard InChI is InChI=1S/C13H14F2O6/c14-13(15,11-19-21-20-11)10(17)18-12-3-6-1-7(4-12)9(16)8(2-6)5-12/h6-8,11H,1-5H2. The molecule has 4 saturated carbocycles. The van der Waals surface area contributed by atoms with E-state index < -0.39 is 23.8 Å². The van der Waals surface area contributed by atoms with Gasteiger partial charge in [0.25, 0.3) is 0 Å². The molecule has 0 aromatic heterocycles. The number of ketones is 1. The van der Waals surface area contributed by atoms with Crippen LogP contribution in [0.1, 0.15) is 32.1 Å². The highest BCUT2D eigenvalue weighted by Gasteiger charge is 2.62. The first-order valence-electron chi connectivity index (χ1n) is 7.03. The lowest BCUT2D eigenvalue weighted by Gasteiger charge is -2.54. The van der Waals surface area contributed by atoms with Crippen LogP contribution in [0.3, 0.4) is 0 Å². The number of hydrogen-bond acceptors (Lipinski definition) is 6. The van der Waals surface area contributed by atoms with Gasteiger partial charge in [0.05, 0.1) is 0 Å². The number of halogens is 2. The predicted molar refractivity (Wildman–Crippen MR) is 59.4 cm³/mol. The zero-order valence-electron chi connectivity index (χ0n) is 11.1. The van der Waals surface area contributed by atoms with E-state index in [1.54, 1.807) is 0 Å². The average molecular weight is 304 g/mol. The van der Waals surface area contributed by atoms with E-state index in [0.717, 1.165) is 12.8 Å². The fourth-order valence-electron chi connectivity index (χ4n) is 4.36. The second kappa shape index (κ2) is 4.21. The van der Waals surface area contributed by atoms with Crippen molar-refractivity contribution in [2.45, 2.75) is 49.9 Å². The molecule has 0 radical (unpaired) electrons. The van der Waals surface area contributed by atoms with E-state index in [-0.39, 0.29) is 23.5 Å². The first-order chi connectivity index (χ1) is 9.90. The molecule has 2 atom stereocenters. The van der Waals surface area contributed by atoms with Gasteiger partial charge in [-0.1, -0.05) is 5.04 Å². The Labute approximate surface area is 118 Å². The Morgan fingerprint density at radius 3 is 2.33 bits per heavy atom. The minimum Gasteiger partial charge on any atom is -0.454 e. The van der Waals surface area contributed by atoms with Gasteiger partial charge >= 0.3 is 18.2 Å². The number of carbonyl (C=O) groups excluding carboxylic acids is 2. The molecule has 5 rings (SSSR count). The van der Waals surface area contributed by atoms with E-state index in [0.29, 0.717) is 19.3 Å². The van der Waals surface area contributed by atoms with Crippen LogP contribution in [0.15, 0.2) is 0 Å². The first-order valence-corrected chi connectivity index (χ1v) is 7.03. The van der Waals surface area contributed by atoms with Crippen LogP contribution in [0, 0.1) is 17.8 Å². The molecule has 5 aliphatic rings. The van der Waals surface area contributed by atoms with E-state index in [1.807, 2.05) is 0 Å². The lowest BCUT2D eigenvalue weighted by molar-refractivity contribution is -0.706. The Morgan fingerprint density at radius 2 is 1.81 bits per heavy atom. The summed E-state index contributed by atoms with van der Waals surface area (Å²) in [5.74, 6) is -5.43. The van der Waals surface area contributed by atoms with Crippen molar-refractivity contribution in [3.8, 4) is 0 Å². The lowest BCUT2D eigenvalue weighted by Crippen LogP contribution is -2.59. The molecule has 0 aromatic carbocycles. The summed E-state index contributed by atoms with van der Waals surface area (Å²) in [6.07, 6.45) is 0.757. The van der Waals surface area contributed by atoms with Crippen LogP contribution in [0.25, 0.3) is 0 Å². The third kappa shape index (κ3) is 1.92. The number of rotatable bonds is 3. The Kier molecular flexibility index (Phi) is 2.71. The van der Waals surface area contributed by atoms with Crippen molar-refractivity contribution in [3.05, 3.63) is 0 Å². The monoisotopic (exact) mass is 304 g/mol. The average Bonchev–Trinajstić information content (AvgIpc) is 2.31. The largest absolute Gasteiger partial charge is 0.454 e. The number of carbonyl (C=O) groups is 2. The fraction of sp³-hybridized carbons (Fsp3) is 0.846. The number of alkyl halides is 2. The van der Waals surface area contributed by atoms with Gasteiger partial charge in [-0.25, -0.2) is 4.79 Å². The number of ether oxygens (including phenoxy) is 1. The van der Waals surface area contributed by atoms with Crippen molar-refractivity contribution >= 4 is 11.8 Å². The third-order valence-corrected chi connectivity index (χ3v) is 5.07. The van der Waals surface area contributed by atoms with Crippen LogP contribution in [0.2, 0.25) is 0 Å². The SMILES string of the molecule is O=C1C2CC3CC1CC(OC(=O)C(F)(F)C1OOO1)(C3)C2. The Hall–Kier alpha value is -1.12. The molecule has 8 heteroatoms. The summed E-state index contributed by atoms with van der Waals surface area (Å²) in [7, 11) is 0. The van der Waals surface area contributed by atoms with E-state index in [4.69, 9.17) is 4.74 Å². The molecule has 0 N–H and O–H groups in total. The maximum absolute atomic E-state index is 13.8. The molecule has 0 aromatic rings. The maximum atomic E-state index is 13.8. The second-order valence-electron chi connectivity index (χ2n) is 6.53. The summed E-state index contributed by atoms with van der Waals surface area (Å²) in [6, 6.07) is 0. The Bertz CT molecular complexity index is 485. The highest BCUT2D eigenvalue weighted by Crippen LogP contribution is 2.56. The summed E-state index contributed by atoms with van der Waals surface area (Å²) in [5.41, 5.74) is -0.935. The van der Waals surface area contributed by atoms with E-state index >= 15 is 0 Å². The van der Waals surface area contributed by atoms with Crippen LogP contribution < -0.4 is 0 Å². The summed E-state index contributed by atoms with van der Waals surface area (Å²) >= 11 is 0. The van der Waals surface area contributed by atoms with E-state index in [1.165, 1.54) is 0 Å². The van der Waals surface area contributed by atoms with Crippen molar-refractivity contribution in [1.82, 2.24) is 0 Å². The summed E-state index contributed by atoms with van der Waals surface area (Å²) in [6.45, 7) is 0. The van der Waals surface area contributed by atoms with Crippen molar-refractivity contribution in [2.24, 2.45) is 17.8 Å². The molecule has 5 fully saturated rings. The van der Waals surface area contributed by atoms with Gasteiger partial charge in [-0.3, -0.25) is 4.79 Å². The molecule has 1 saturated heterocycles. The number of hydrogen-bond donors (Lipinski definition) is 0. The van der Waals surface area contributed by atoms with Gasteiger partial charge < -0.3 is 4.74 Å². The van der Waals surface area contributed by atoms with Gasteiger partial charge in [-0.2, -0.15) is 18.6 Å². The van der Waals surface area contributed by atoms with Crippen LogP contribution in [0.5, 0.6) is 0 Å². The fourth-order valence-corrected chi connectivity index (χ4v) is 4.36. The number of esters is 1. The van der Waals surface area contributed by atoms with Gasteiger partial charge in [0.1, 0.15) is 11.4 Å². The molecular formula is C13H14F2O6. The zero-order valence-corrected chi connectivity index (χ0v) is 11.1. The molecule has 6 nitrogen and oxygen atoms in total. The molecule has 4 bridgehead atoms. The van der Waals surface area contributed by atoms with Gasteiger partial charge in [0.15, 0.2) is 0 Å². The van der Waals surface area contributed by atoms with Crippen LogP contribution in [-0.4, -0.2) is 29.6 Å².